The highest BCUT2D eigenvalue weighted by Crippen LogP contribution is 2.37. The highest BCUT2D eigenvalue weighted by molar-refractivity contribution is 6.36. The minimum Gasteiger partial charge on any atom is -0.462 e. The van der Waals surface area contributed by atoms with Crippen LogP contribution in [0.1, 0.15) is 30.5 Å². The second-order valence-corrected chi connectivity index (χ2v) is 11.2. The third kappa shape index (κ3) is 5.60. The number of anilines is 2. The van der Waals surface area contributed by atoms with Crippen molar-refractivity contribution in [2.75, 3.05) is 68.8 Å². The molecule has 9 heteroatoms. The van der Waals surface area contributed by atoms with Gasteiger partial charge in [0.05, 0.1) is 17.3 Å². The molecule has 2 aromatic carbocycles. The maximum Gasteiger partial charge on any atom is 0.318 e. The summed E-state index contributed by atoms with van der Waals surface area (Å²) in [6.45, 7) is 11.6. The molecule has 0 N–H and O–H groups in total. The Labute approximate surface area is 241 Å². The monoisotopic (exact) mass is 560 g/mol. The zero-order valence-electron chi connectivity index (χ0n) is 23.0. The van der Waals surface area contributed by atoms with E-state index in [0.29, 0.717) is 32.3 Å². The van der Waals surface area contributed by atoms with Gasteiger partial charge in [-0.3, -0.25) is 9.69 Å². The fourth-order valence-corrected chi connectivity index (χ4v) is 6.46. The molecular formula is C31H37ClN6O2. The summed E-state index contributed by atoms with van der Waals surface area (Å²) in [6, 6.07) is 12.8. The summed E-state index contributed by atoms with van der Waals surface area (Å²) in [5, 5.41) is 2.97. The minimum atomic E-state index is -0.0181. The van der Waals surface area contributed by atoms with E-state index in [0.717, 1.165) is 78.7 Å². The number of aromatic nitrogens is 2. The number of carbonyl (C=O) groups is 1. The summed E-state index contributed by atoms with van der Waals surface area (Å²) in [7, 11) is 0. The normalized spacial score (nSPS) is 18.1. The standard InChI is InChI=1S/C31H37ClN6O2/c1-2-28(39)36-16-18-37(19-17-36)30-24-12-15-38(27-11-7-9-23-8-6-10-25(32)29(23)27)22-26(24)33-31(34-30)40-21-20-35-13-4-3-5-14-35/h2,6-11H,1,3-5,12-22H2. The Balaban J connectivity index is 1.27. The Morgan fingerprint density at radius 3 is 2.50 bits per heavy atom. The molecule has 0 spiro atoms. The van der Waals surface area contributed by atoms with Crippen molar-refractivity contribution in [1.82, 2.24) is 19.8 Å². The minimum absolute atomic E-state index is 0.0181. The average molecular weight is 561 g/mol. The number of nitrogens with zero attached hydrogens (tertiary/aromatic N) is 6. The molecule has 2 fully saturated rings. The molecule has 1 aromatic heterocycles. The van der Waals surface area contributed by atoms with Crippen LogP contribution in [-0.2, 0) is 17.8 Å². The second kappa shape index (κ2) is 12.0. The number of ether oxygens (including phenoxy) is 1. The SMILES string of the molecule is C=CC(=O)N1CCN(c2nc(OCCN3CCCCC3)nc3c2CCN(c2cccc4cccc(Cl)c24)C3)CC1. The third-order valence-electron chi connectivity index (χ3n) is 8.35. The molecule has 2 saturated heterocycles. The Bertz CT molecular complexity index is 1380. The van der Waals surface area contributed by atoms with Gasteiger partial charge in [0.2, 0.25) is 5.91 Å². The number of amides is 1. The average Bonchev–Trinajstić information content (AvgIpc) is 3.00. The van der Waals surface area contributed by atoms with Crippen molar-refractivity contribution >= 4 is 39.8 Å². The summed E-state index contributed by atoms with van der Waals surface area (Å²) < 4.78 is 6.21. The predicted molar refractivity (Wildman–Crippen MR) is 161 cm³/mol. The van der Waals surface area contributed by atoms with E-state index in [1.165, 1.54) is 30.9 Å². The summed E-state index contributed by atoms with van der Waals surface area (Å²) in [5.74, 6) is 0.926. The largest absolute Gasteiger partial charge is 0.462 e. The first-order valence-electron chi connectivity index (χ1n) is 14.4. The Morgan fingerprint density at radius 2 is 1.73 bits per heavy atom. The molecule has 0 aliphatic carbocycles. The molecule has 1 amide bonds. The van der Waals surface area contributed by atoms with Gasteiger partial charge >= 0.3 is 6.01 Å². The van der Waals surface area contributed by atoms with Crippen LogP contribution in [-0.4, -0.2) is 84.6 Å². The molecule has 4 heterocycles. The van der Waals surface area contributed by atoms with Crippen LogP contribution in [0.3, 0.4) is 0 Å². The van der Waals surface area contributed by atoms with Gasteiger partial charge in [-0.25, -0.2) is 0 Å². The van der Waals surface area contributed by atoms with E-state index in [1.807, 2.05) is 17.0 Å². The number of carbonyl (C=O) groups excluding carboxylic acids is 1. The molecule has 6 rings (SSSR count). The molecule has 40 heavy (non-hydrogen) atoms. The van der Waals surface area contributed by atoms with Crippen LogP contribution in [0.25, 0.3) is 10.8 Å². The lowest BCUT2D eigenvalue weighted by molar-refractivity contribution is -0.126. The highest BCUT2D eigenvalue weighted by atomic mass is 35.5. The van der Waals surface area contributed by atoms with Gasteiger partial charge < -0.3 is 19.4 Å². The highest BCUT2D eigenvalue weighted by Gasteiger charge is 2.29. The molecule has 210 valence electrons. The first-order valence-corrected chi connectivity index (χ1v) is 14.8. The number of rotatable bonds is 7. The van der Waals surface area contributed by atoms with Crippen LogP contribution < -0.4 is 14.5 Å². The lowest BCUT2D eigenvalue weighted by atomic mass is 10.0. The van der Waals surface area contributed by atoms with E-state index in [1.54, 1.807) is 0 Å². The van der Waals surface area contributed by atoms with Gasteiger partial charge in [-0.1, -0.05) is 48.9 Å². The van der Waals surface area contributed by atoms with E-state index in [9.17, 15) is 4.79 Å². The topological polar surface area (TPSA) is 65.0 Å². The Morgan fingerprint density at radius 1 is 0.950 bits per heavy atom. The molecule has 3 aliphatic rings. The van der Waals surface area contributed by atoms with Gasteiger partial charge in [-0.05, 0) is 55.9 Å². The zero-order chi connectivity index (χ0) is 27.5. The van der Waals surface area contributed by atoms with Gasteiger partial charge in [0, 0.05) is 55.9 Å². The first kappa shape index (κ1) is 26.8. The summed E-state index contributed by atoms with van der Waals surface area (Å²) in [4.78, 5) is 31.0. The smallest absolute Gasteiger partial charge is 0.318 e. The van der Waals surface area contributed by atoms with Crippen LogP contribution in [0.15, 0.2) is 49.1 Å². The summed E-state index contributed by atoms with van der Waals surface area (Å²) in [5.41, 5.74) is 3.30. The number of hydrogen-bond acceptors (Lipinski definition) is 7. The number of piperazine rings is 1. The van der Waals surface area contributed by atoms with E-state index >= 15 is 0 Å². The third-order valence-corrected chi connectivity index (χ3v) is 8.66. The zero-order valence-corrected chi connectivity index (χ0v) is 23.8. The van der Waals surface area contributed by atoms with Crippen LogP contribution in [0.2, 0.25) is 5.02 Å². The fourth-order valence-electron chi connectivity index (χ4n) is 6.18. The van der Waals surface area contributed by atoms with E-state index < -0.39 is 0 Å². The number of benzene rings is 2. The maximum atomic E-state index is 12.2. The van der Waals surface area contributed by atoms with Crippen molar-refractivity contribution < 1.29 is 9.53 Å². The van der Waals surface area contributed by atoms with Crippen molar-refractivity contribution in [3.63, 3.8) is 0 Å². The molecule has 3 aliphatic heterocycles. The van der Waals surface area contributed by atoms with Crippen LogP contribution in [0.4, 0.5) is 11.5 Å². The van der Waals surface area contributed by atoms with Gasteiger partial charge in [0.15, 0.2) is 0 Å². The van der Waals surface area contributed by atoms with Crippen molar-refractivity contribution in [2.24, 2.45) is 0 Å². The molecule has 0 unspecified atom stereocenters. The summed E-state index contributed by atoms with van der Waals surface area (Å²) >= 11 is 6.68. The van der Waals surface area contributed by atoms with E-state index in [-0.39, 0.29) is 5.91 Å². The van der Waals surface area contributed by atoms with E-state index in [2.05, 4.69) is 45.5 Å². The molecule has 8 nitrogen and oxygen atoms in total. The van der Waals surface area contributed by atoms with Crippen molar-refractivity contribution in [1.29, 1.82) is 0 Å². The summed E-state index contributed by atoms with van der Waals surface area (Å²) in [6.07, 6.45) is 6.05. The van der Waals surface area contributed by atoms with Crippen LogP contribution in [0.5, 0.6) is 6.01 Å². The molecule has 0 atom stereocenters. The van der Waals surface area contributed by atoms with Gasteiger partial charge in [0.25, 0.3) is 0 Å². The number of halogens is 1. The maximum absolute atomic E-state index is 12.2. The lowest BCUT2D eigenvalue weighted by Gasteiger charge is -2.38. The number of fused-ring (bicyclic) bond motifs is 2. The Kier molecular flexibility index (Phi) is 8.07. The van der Waals surface area contributed by atoms with Gasteiger partial charge in [0.1, 0.15) is 12.4 Å². The molecule has 0 saturated carbocycles. The predicted octanol–water partition coefficient (Wildman–Crippen LogP) is 4.55. The van der Waals surface area contributed by atoms with Crippen LogP contribution in [0, 0.1) is 0 Å². The van der Waals surface area contributed by atoms with Gasteiger partial charge in [-0.2, -0.15) is 9.97 Å². The number of piperidine rings is 1. The molecule has 0 bridgehead atoms. The number of hydrogen-bond donors (Lipinski definition) is 0. The van der Waals surface area contributed by atoms with Crippen molar-refractivity contribution in [3.05, 3.63) is 65.3 Å². The van der Waals surface area contributed by atoms with Crippen LogP contribution >= 0.6 is 11.6 Å². The fraction of sp³-hybridized carbons (Fsp3) is 0.452. The van der Waals surface area contributed by atoms with Gasteiger partial charge in [-0.15, -0.1) is 0 Å². The molecule has 3 aromatic rings. The lowest BCUT2D eigenvalue weighted by Crippen LogP contribution is -2.49. The Hall–Kier alpha value is -3.36. The first-order chi connectivity index (χ1) is 19.6. The molecule has 0 radical (unpaired) electrons. The quantitative estimate of drug-likeness (QED) is 0.393. The van der Waals surface area contributed by atoms with Crippen molar-refractivity contribution in [2.45, 2.75) is 32.2 Å². The van der Waals surface area contributed by atoms with Crippen molar-refractivity contribution in [3.8, 4) is 6.01 Å². The second-order valence-electron chi connectivity index (χ2n) is 10.8. The number of likely N-dealkylation sites (tertiary alicyclic amines) is 1. The van der Waals surface area contributed by atoms with E-state index in [4.69, 9.17) is 26.3 Å². The molecular weight excluding hydrogens is 524 g/mol.